The molecule has 134 valence electrons. The van der Waals surface area contributed by atoms with E-state index < -0.39 is 0 Å². The molecule has 1 aliphatic rings. The predicted molar refractivity (Wildman–Crippen MR) is 100 cm³/mol. The molecule has 0 radical (unpaired) electrons. The zero-order chi connectivity index (χ0) is 18.1. The van der Waals surface area contributed by atoms with Crippen molar-refractivity contribution in [1.29, 1.82) is 0 Å². The SMILES string of the molecule is Cc1cccc2sc(OC3CCN(C(=O)c4cccc(F)c4)CC3)nc12. The molecule has 0 unspecified atom stereocenters. The van der Waals surface area contributed by atoms with Crippen LogP contribution in [-0.4, -0.2) is 35.0 Å². The second-order valence-electron chi connectivity index (χ2n) is 6.52. The summed E-state index contributed by atoms with van der Waals surface area (Å²) in [4.78, 5) is 18.8. The van der Waals surface area contributed by atoms with Crippen LogP contribution in [0, 0.1) is 12.7 Å². The molecule has 0 saturated carbocycles. The molecule has 3 aromatic rings. The van der Waals surface area contributed by atoms with Crippen molar-refractivity contribution in [1.82, 2.24) is 9.88 Å². The molecule has 4 rings (SSSR count). The van der Waals surface area contributed by atoms with Gasteiger partial charge in [-0.1, -0.05) is 29.5 Å². The Bertz CT molecular complexity index is 948. The first kappa shape index (κ1) is 17.0. The molecule has 0 aliphatic carbocycles. The quantitative estimate of drug-likeness (QED) is 0.685. The van der Waals surface area contributed by atoms with E-state index in [1.165, 1.54) is 12.1 Å². The Morgan fingerprint density at radius 1 is 1.23 bits per heavy atom. The normalized spacial score (nSPS) is 15.4. The molecular weight excluding hydrogens is 351 g/mol. The first-order valence-electron chi connectivity index (χ1n) is 8.68. The van der Waals surface area contributed by atoms with Crippen molar-refractivity contribution in [3.05, 3.63) is 59.4 Å². The first-order valence-corrected chi connectivity index (χ1v) is 9.49. The van der Waals surface area contributed by atoms with E-state index in [4.69, 9.17) is 4.74 Å². The molecule has 1 aliphatic heterocycles. The van der Waals surface area contributed by atoms with E-state index in [-0.39, 0.29) is 17.8 Å². The Kier molecular flexibility index (Phi) is 4.59. The number of aromatic nitrogens is 1. The zero-order valence-electron chi connectivity index (χ0n) is 14.4. The van der Waals surface area contributed by atoms with Gasteiger partial charge < -0.3 is 9.64 Å². The molecule has 0 N–H and O–H groups in total. The summed E-state index contributed by atoms with van der Waals surface area (Å²) in [6.07, 6.45) is 1.54. The predicted octanol–water partition coefficient (Wildman–Crippen LogP) is 4.43. The van der Waals surface area contributed by atoms with Crippen molar-refractivity contribution in [2.24, 2.45) is 0 Å². The van der Waals surface area contributed by atoms with E-state index >= 15 is 0 Å². The topological polar surface area (TPSA) is 42.4 Å². The largest absolute Gasteiger partial charge is 0.467 e. The Balaban J connectivity index is 1.38. The van der Waals surface area contributed by atoms with Gasteiger partial charge in [-0.05, 0) is 36.8 Å². The highest BCUT2D eigenvalue weighted by atomic mass is 32.1. The number of para-hydroxylation sites is 1. The number of thiazole rings is 1. The fraction of sp³-hybridized carbons (Fsp3) is 0.300. The summed E-state index contributed by atoms with van der Waals surface area (Å²) in [7, 11) is 0. The van der Waals surface area contributed by atoms with Crippen molar-refractivity contribution < 1.29 is 13.9 Å². The molecule has 6 heteroatoms. The third-order valence-electron chi connectivity index (χ3n) is 4.67. The summed E-state index contributed by atoms with van der Waals surface area (Å²) in [5.74, 6) is -0.515. The van der Waals surface area contributed by atoms with Crippen LogP contribution in [0.3, 0.4) is 0 Å². The van der Waals surface area contributed by atoms with Gasteiger partial charge in [0.25, 0.3) is 11.1 Å². The minimum absolute atomic E-state index is 0.0485. The van der Waals surface area contributed by atoms with E-state index in [9.17, 15) is 9.18 Å². The van der Waals surface area contributed by atoms with Crippen LogP contribution < -0.4 is 4.74 Å². The molecule has 4 nitrogen and oxygen atoms in total. The molecule has 2 heterocycles. The number of halogens is 1. The number of ether oxygens (including phenoxy) is 1. The van der Waals surface area contributed by atoms with E-state index in [1.54, 1.807) is 28.4 Å². The summed E-state index contributed by atoms with van der Waals surface area (Å²) >= 11 is 1.56. The number of likely N-dealkylation sites (tertiary alicyclic amines) is 1. The second-order valence-corrected chi connectivity index (χ2v) is 7.51. The van der Waals surface area contributed by atoms with Gasteiger partial charge in [0.05, 0.1) is 10.2 Å². The van der Waals surface area contributed by atoms with E-state index in [0.717, 1.165) is 28.6 Å². The number of fused-ring (bicyclic) bond motifs is 1. The Morgan fingerprint density at radius 3 is 2.73 bits per heavy atom. The number of rotatable bonds is 3. The maximum atomic E-state index is 13.3. The molecule has 1 aromatic heterocycles. The number of carbonyl (C=O) groups excluding carboxylic acids is 1. The average molecular weight is 370 g/mol. The van der Waals surface area contributed by atoms with E-state index in [1.807, 2.05) is 25.1 Å². The van der Waals surface area contributed by atoms with Gasteiger partial charge in [0.2, 0.25) is 0 Å². The molecule has 1 fully saturated rings. The third kappa shape index (κ3) is 3.42. The molecule has 2 aromatic carbocycles. The summed E-state index contributed by atoms with van der Waals surface area (Å²) in [5.41, 5.74) is 2.53. The number of benzene rings is 2. The monoisotopic (exact) mass is 370 g/mol. The molecule has 0 atom stereocenters. The highest BCUT2D eigenvalue weighted by Gasteiger charge is 2.25. The summed E-state index contributed by atoms with van der Waals surface area (Å²) in [6.45, 7) is 3.25. The van der Waals surface area contributed by atoms with Crippen LogP contribution in [0.4, 0.5) is 4.39 Å². The van der Waals surface area contributed by atoms with Crippen LogP contribution in [0.2, 0.25) is 0 Å². The molecule has 1 saturated heterocycles. The van der Waals surface area contributed by atoms with Crippen LogP contribution in [0.15, 0.2) is 42.5 Å². The summed E-state index contributed by atoms with van der Waals surface area (Å²) in [5, 5.41) is 0.684. The first-order chi connectivity index (χ1) is 12.6. The minimum atomic E-state index is -0.389. The Labute approximate surface area is 155 Å². The number of nitrogens with zero attached hydrogens (tertiary/aromatic N) is 2. The number of hydrogen-bond acceptors (Lipinski definition) is 4. The van der Waals surface area contributed by atoms with Crippen molar-refractivity contribution in [2.75, 3.05) is 13.1 Å². The van der Waals surface area contributed by atoms with Crippen LogP contribution in [0.1, 0.15) is 28.8 Å². The van der Waals surface area contributed by atoms with Gasteiger partial charge in [-0.2, -0.15) is 0 Å². The fourth-order valence-corrected chi connectivity index (χ4v) is 4.20. The molecular formula is C20H19FN2O2S. The van der Waals surface area contributed by atoms with E-state index in [0.29, 0.717) is 23.8 Å². The highest BCUT2D eigenvalue weighted by molar-refractivity contribution is 7.20. The van der Waals surface area contributed by atoms with Crippen LogP contribution in [0.25, 0.3) is 10.2 Å². The highest BCUT2D eigenvalue weighted by Crippen LogP contribution is 2.31. The van der Waals surface area contributed by atoms with Gasteiger partial charge in [-0.15, -0.1) is 0 Å². The third-order valence-corrected chi connectivity index (χ3v) is 5.58. The molecule has 0 spiro atoms. The Morgan fingerprint density at radius 2 is 2.00 bits per heavy atom. The zero-order valence-corrected chi connectivity index (χ0v) is 15.3. The summed E-state index contributed by atoms with van der Waals surface area (Å²) < 4.78 is 20.5. The lowest BCUT2D eigenvalue weighted by molar-refractivity contribution is 0.0595. The van der Waals surface area contributed by atoms with Gasteiger partial charge in [0.15, 0.2) is 0 Å². The second kappa shape index (κ2) is 7.03. The number of piperidine rings is 1. The summed E-state index contributed by atoms with van der Waals surface area (Å²) in [6, 6.07) is 12.0. The van der Waals surface area contributed by atoms with Crippen molar-refractivity contribution >= 4 is 27.5 Å². The minimum Gasteiger partial charge on any atom is -0.467 e. The van der Waals surface area contributed by atoms with Crippen molar-refractivity contribution in [3.63, 3.8) is 0 Å². The average Bonchev–Trinajstić information content (AvgIpc) is 3.06. The molecule has 26 heavy (non-hydrogen) atoms. The van der Waals surface area contributed by atoms with Gasteiger partial charge >= 0.3 is 0 Å². The number of amides is 1. The molecule has 0 bridgehead atoms. The maximum Gasteiger partial charge on any atom is 0.274 e. The van der Waals surface area contributed by atoms with Crippen LogP contribution >= 0.6 is 11.3 Å². The number of aryl methyl sites for hydroxylation is 1. The van der Waals surface area contributed by atoms with Crippen LogP contribution in [0.5, 0.6) is 5.19 Å². The lowest BCUT2D eigenvalue weighted by Crippen LogP contribution is -2.41. The van der Waals surface area contributed by atoms with E-state index in [2.05, 4.69) is 4.98 Å². The standard InChI is InChI=1S/C20H19FN2O2S/c1-13-4-2-7-17-18(13)22-20(26-17)25-16-8-10-23(11-9-16)19(24)14-5-3-6-15(21)12-14/h2-7,12,16H,8-11H2,1H3. The smallest absolute Gasteiger partial charge is 0.274 e. The van der Waals surface area contributed by atoms with Crippen molar-refractivity contribution in [3.8, 4) is 5.19 Å². The molecule has 1 amide bonds. The number of hydrogen-bond donors (Lipinski definition) is 0. The number of carbonyl (C=O) groups is 1. The lowest BCUT2D eigenvalue weighted by Gasteiger charge is -2.31. The lowest BCUT2D eigenvalue weighted by atomic mass is 10.1. The maximum absolute atomic E-state index is 13.3. The Hall–Kier alpha value is -2.47. The van der Waals surface area contributed by atoms with Gasteiger partial charge in [-0.25, -0.2) is 9.37 Å². The van der Waals surface area contributed by atoms with Gasteiger partial charge in [-0.3, -0.25) is 4.79 Å². The van der Waals surface area contributed by atoms with Gasteiger partial charge in [0.1, 0.15) is 11.9 Å². The van der Waals surface area contributed by atoms with Gasteiger partial charge in [0, 0.05) is 31.5 Å². The van der Waals surface area contributed by atoms with Crippen LogP contribution in [-0.2, 0) is 0 Å². The fourth-order valence-electron chi connectivity index (χ4n) is 3.24. The van der Waals surface area contributed by atoms with Crippen molar-refractivity contribution in [2.45, 2.75) is 25.9 Å².